The minimum Gasteiger partial charge on any atom is -0.481 e. The summed E-state index contributed by atoms with van der Waals surface area (Å²) in [5.74, 6) is 5.56. The first-order valence-electron chi connectivity index (χ1n) is 35.0. The van der Waals surface area contributed by atoms with E-state index in [1.165, 1.54) is 233 Å². The summed E-state index contributed by atoms with van der Waals surface area (Å²) in [4.78, 5) is 51.2. The highest BCUT2D eigenvalue weighted by Crippen LogP contribution is 2.43. The van der Waals surface area contributed by atoms with Crippen molar-refractivity contribution in [2.24, 2.45) is 23.7 Å². The Labute approximate surface area is 567 Å². The highest BCUT2D eigenvalue weighted by Gasteiger charge is 2.36. The van der Waals surface area contributed by atoms with Crippen LogP contribution < -0.4 is 25.3 Å². The molecule has 0 radical (unpaired) electrons. The van der Waals surface area contributed by atoms with Crippen LogP contribution >= 0.6 is 61.3 Å². The summed E-state index contributed by atoms with van der Waals surface area (Å²) in [5, 5.41) is 27.2. The van der Waals surface area contributed by atoms with Crippen molar-refractivity contribution in [3.05, 3.63) is 107 Å². The van der Waals surface area contributed by atoms with Crippen LogP contribution in [0.15, 0.2) is 65.6 Å². The van der Waals surface area contributed by atoms with Gasteiger partial charge in [-0.15, -0.1) is 45.3 Å². The number of likely N-dealkylation sites (tertiary alicyclic amines) is 1. The molecule has 91 heavy (non-hydrogen) atoms. The predicted molar refractivity (Wildman–Crippen MR) is 378 cm³/mol. The number of fused-ring (bicyclic) bond motifs is 4. The van der Waals surface area contributed by atoms with E-state index in [-0.39, 0.29) is 0 Å². The maximum absolute atomic E-state index is 9.16. The van der Waals surface area contributed by atoms with Crippen LogP contribution in [0.4, 0.5) is 15.4 Å². The second-order valence-electron chi connectivity index (χ2n) is 27.2. The van der Waals surface area contributed by atoms with E-state index in [0.717, 1.165) is 117 Å². The van der Waals surface area contributed by atoms with Gasteiger partial charge in [0.2, 0.25) is 0 Å². The second kappa shape index (κ2) is 35.2. The van der Waals surface area contributed by atoms with Crippen LogP contribution in [0.5, 0.6) is 0 Å². The van der Waals surface area contributed by atoms with Crippen molar-refractivity contribution in [1.82, 2.24) is 45.4 Å². The normalized spacial score (nSPS) is 23.7. The lowest BCUT2D eigenvalue weighted by Crippen LogP contribution is -2.48. The molecule has 6 aromatic rings. The molecule has 4 saturated carbocycles. The minimum atomic E-state index is -0.833. The number of nitrogens with zero attached hydrogens (tertiary/aromatic N) is 11. The average molecular weight is 1380 g/mol. The molecule has 0 spiro atoms. The lowest BCUT2D eigenvalue weighted by molar-refractivity contribution is -0.134. The van der Waals surface area contributed by atoms with E-state index < -0.39 is 5.97 Å². The third kappa shape index (κ3) is 19.7. The number of carboxylic acids is 1. The largest absolute Gasteiger partial charge is 0.481 e. The van der Waals surface area contributed by atoms with Gasteiger partial charge in [0.1, 0.15) is 0 Å². The van der Waals surface area contributed by atoms with Crippen molar-refractivity contribution < 1.29 is 9.90 Å². The number of hydrogen-bond donors (Lipinski definition) is 3. The fraction of sp³-hybridized carbons (Fsp3) is 0.662. The predicted octanol–water partition coefficient (Wildman–Crippen LogP) is 16.4. The summed E-state index contributed by atoms with van der Waals surface area (Å²) in [6.07, 6.45) is 53.8. The van der Waals surface area contributed by atoms with Crippen LogP contribution in [0.1, 0.15) is 226 Å². The Morgan fingerprint density at radius 2 is 0.967 bits per heavy atom. The molecule has 0 unspecified atom stereocenters. The molecule has 10 aliphatic rings. The molecule has 4 aliphatic carbocycles. The van der Waals surface area contributed by atoms with Gasteiger partial charge in [-0.3, -0.25) is 14.8 Å². The van der Waals surface area contributed by atoms with Crippen LogP contribution in [0.2, 0.25) is 0 Å². The standard InChI is InChI=1S/C18H26N4S.C17H27N3S.C17H21N3S.C9H12BrNS.C8H10N2.C2H4O2/c19-13-21-8-6-14-7-9-22(12-16(14)11-21)18-20-10-17(23-18)15-4-2-1-3-5-15;2*1-2-4-14(5-3-1)16-11-19-17(21-16)20-9-7-13-6-8-18-10-15(13)12-20;10-9-11-6-8(12-9)7-4-2-1-3-5-7;1-3-9-5-8-6-10-4-2-7(1)8;1-2(3)4/h10,14-16H,1-9,11-12H2;11,13-15,18H,1-10,12H2;6,8,10-11,14H,1-5,7,9,12H2;6-7H,1-5H2;1,3,5,10H,2,4,6H2;1H3,(H,3,4)/t14-,16+;13-,15+;;;;/m00..../s1. The van der Waals surface area contributed by atoms with Gasteiger partial charge in [0.05, 0.1) is 0 Å². The van der Waals surface area contributed by atoms with Crippen molar-refractivity contribution in [3.8, 4) is 6.19 Å². The van der Waals surface area contributed by atoms with E-state index in [1.807, 2.05) is 69.9 Å². The van der Waals surface area contributed by atoms with E-state index in [0.29, 0.717) is 5.92 Å². The molecule has 0 amide bonds. The molecule has 0 aromatic carbocycles. The molecule has 15 nitrogen and oxygen atoms in total. The molecule has 6 aliphatic heterocycles. The number of aromatic nitrogens is 6. The summed E-state index contributed by atoms with van der Waals surface area (Å²) >= 11 is 11.0. The van der Waals surface area contributed by atoms with E-state index in [1.54, 1.807) is 16.2 Å². The Kier molecular flexibility index (Phi) is 26.2. The number of carbonyl (C=O) groups is 1. The Morgan fingerprint density at radius 3 is 1.47 bits per heavy atom. The van der Waals surface area contributed by atoms with Crippen molar-refractivity contribution in [3.63, 3.8) is 0 Å². The van der Waals surface area contributed by atoms with Gasteiger partial charge in [-0.05, 0) is 207 Å². The number of nitrogens with one attached hydrogen (secondary N) is 2. The zero-order valence-electron chi connectivity index (χ0n) is 54.0. The molecule has 8 fully saturated rings. The second-order valence-corrected chi connectivity index (χ2v) is 32.7. The van der Waals surface area contributed by atoms with E-state index in [2.05, 4.69) is 93.1 Å². The lowest BCUT2D eigenvalue weighted by atomic mass is 9.80. The first-order chi connectivity index (χ1) is 44.7. The number of piperidine rings is 4. The molecule has 12 heterocycles. The molecule has 3 N–H and O–H groups in total. The van der Waals surface area contributed by atoms with Gasteiger partial charge in [0, 0.05) is 135 Å². The number of pyridine rings is 2. The van der Waals surface area contributed by atoms with Gasteiger partial charge in [-0.25, -0.2) is 19.9 Å². The van der Waals surface area contributed by atoms with E-state index in [9.17, 15) is 0 Å². The summed E-state index contributed by atoms with van der Waals surface area (Å²) in [6.45, 7) is 14.2. The molecule has 16 rings (SSSR count). The van der Waals surface area contributed by atoms with Crippen molar-refractivity contribution in [1.29, 1.82) is 5.26 Å². The third-order valence-corrected chi connectivity index (χ3v) is 26.3. The molecule has 6 aromatic heterocycles. The van der Waals surface area contributed by atoms with Crippen molar-refractivity contribution in [2.45, 2.75) is 211 Å². The zero-order valence-corrected chi connectivity index (χ0v) is 58.9. The van der Waals surface area contributed by atoms with Gasteiger partial charge in [-0.2, -0.15) is 5.26 Å². The SMILES string of the molecule is Brc1ncc(C2CCCCC2)s1.CC(=O)O.N#CN1CC[C@H]2CCN(c3ncc(C4CCCCC4)s3)C[C@H]2C1.c1cc2c(cn1)CN(c1ncc(C3CCCCC3)s1)CC2.c1cc2c(cn1)CNCC2.c1nc(N2CC[C@@H]3CCNC[C@@H]3C2)sc1C1CCCCC1. The monoisotopic (exact) mass is 1370 g/mol. The molecular weight excluding hydrogens is 1280 g/mol. The first-order valence-corrected chi connectivity index (χ1v) is 39.1. The fourth-order valence-corrected chi connectivity index (χ4v) is 20.6. The van der Waals surface area contributed by atoms with Crippen LogP contribution in [-0.2, 0) is 30.7 Å². The van der Waals surface area contributed by atoms with Crippen LogP contribution in [-0.4, -0.2) is 111 Å². The Hall–Kier alpha value is -4.62. The molecule has 20 heteroatoms. The fourth-order valence-electron chi connectivity index (χ4n) is 15.8. The van der Waals surface area contributed by atoms with Crippen LogP contribution in [0.3, 0.4) is 0 Å². The molecular formula is C71H100BrN13O2S4. The Bertz CT molecular complexity index is 3150. The number of hydrogen-bond acceptors (Lipinski definition) is 18. The summed E-state index contributed by atoms with van der Waals surface area (Å²) in [5.41, 5.74) is 5.62. The molecule has 492 valence electrons. The lowest BCUT2D eigenvalue weighted by Gasteiger charge is -2.43. The minimum absolute atomic E-state index is 0.638. The number of halogens is 1. The number of anilines is 3. The first kappa shape index (κ1) is 67.8. The third-order valence-electron chi connectivity index (χ3n) is 21.0. The van der Waals surface area contributed by atoms with Gasteiger partial charge in [0.25, 0.3) is 5.97 Å². The topological polar surface area (TPSA) is 175 Å². The van der Waals surface area contributed by atoms with Gasteiger partial charge < -0.3 is 35.3 Å². The molecule has 4 atom stereocenters. The smallest absolute Gasteiger partial charge is 0.300 e. The summed E-state index contributed by atoms with van der Waals surface area (Å²) in [7, 11) is 0. The number of thiazole rings is 4. The van der Waals surface area contributed by atoms with Gasteiger partial charge >= 0.3 is 0 Å². The summed E-state index contributed by atoms with van der Waals surface area (Å²) < 4.78 is 1.03. The zero-order chi connectivity index (χ0) is 62.6. The number of nitriles is 1. The quantitative estimate of drug-likeness (QED) is 0.129. The summed E-state index contributed by atoms with van der Waals surface area (Å²) in [6, 6.07) is 4.26. The van der Waals surface area contributed by atoms with Crippen LogP contribution in [0.25, 0.3) is 0 Å². The van der Waals surface area contributed by atoms with Crippen LogP contribution in [0, 0.1) is 35.1 Å². The van der Waals surface area contributed by atoms with Crippen molar-refractivity contribution >= 4 is 82.6 Å². The van der Waals surface area contributed by atoms with E-state index >= 15 is 0 Å². The van der Waals surface area contributed by atoms with Gasteiger partial charge in [-0.1, -0.05) is 77.0 Å². The molecule has 0 bridgehead atoms. The highest BCUT2D eigenvalue weighted by atomic mass is 79.9. The Morgan fingerprint density at radius 1 is 0.505 bits per heavy atom. The van der Waals surface area contributed by atoms with Gasteiger partial charge in [0.15, 0.2) is 25.5 Å². The molecule has 4 saturated heterocycles. The maximum atomic E-state index is 9.16. The van der Waals surface area contributed by atoms with Crippen molar-refractivity contribution in [2.75, 3.05) is 80.1 Å². The number of carboxylic acid groups (broad SMARTS) is 1. The highest BCUT2D eigenvalue weighted by molar-refractivity contribution is 9.11. The number of rotatable bonds is 7. The maximum Gasteiger partial charge on any atom is 0.300 e. The average Bonchev–Trinajstić information content (AvgIpc) is 3.25. The number of aliphatic carboxylic acids is 1. The Balaban J connectivity index is 0.000000118. The van der Waals surface area contributed by atoms with E-state index in [4.69, 9.17) is 30.1 Å².